The van der Waals surface area contributed by atoms with Crippen molar-refractivity contribution in [1.29, 1.82) is 0 Å². The minimum Gasteiger partial charge on any atom is -0.392 e. The van der Waals surface area contributed by atoms with Gasteiger partial charge in [-0.1, -0.05) is 12.1 Å². The number of aliphatic hydroxyl groups is 1. The Morgan fingerprint density at radius 1 is 1.37 bits per heavy atom. The van der Waals surface area contributed by atoms with Crippen molar-refractivity contribution >= 4 is 11.8 Å². The molecule has 0 radical (unpaired) electrons. The van der Waals surface area contributed by atoms with Crippen LogP contribution in [0.1, 0.15) is 29.3 Å². The molecule has 0 heterocycles. The third-order valence-corrected chi connectivity index (χ3v) is 2.65. The standard InChI is InChI=1S/C14H20N2O3/c1-10(17)9-16-13(18)7-6-11-4-3-5-12(8-11)14(19)15-2/h3-5,8,10,17H,6-7,9H2,1-2H3,(H,15,19)(H,16,18). The van der Waals surface area contributed by atoms with E-state index < -0.39 is 6.10 Å². The Morgan fingerprint density at radius 2 is 2.11 bits per heavy atom. The van der Waals surface area contributed by atoms with Crippen LogP contribution in [0.5, 0.6) is 0 Å². The number of aryl methyl sites for hydroxylation is 1. The van der Waals surface area contributed by atoms with Crippen LogP contribution in [0.15, 0.2) is 24.3 Å². The number of amides is 2. The van der Waals surface area contributed by atoms with E-state index in [4.69, 9.17) is 5.11 Å². The quantitative estimate of drug-likeness (QED) is 0.699. The summed E-state index contributed by atoms with van der Waals surface area (Å²) in [7, 11) is 1.58. The Hall–Kier alpha value is -1.88. The third-order valence-electron chi connectivity index (χ3n) is 2.65. The molecule has 1 aromatic rings. The fourth-order valence-electron chi connectivity index (χ4n) is 1.62. The molecule has 19 heavy (non-hydrogen) atoms. The van der Waals surface area contributed by atoms with Gasteiger partial charge in [0.2, 0.25) is 5.91 Å². The van der Waals surface area contributed by atoms with E-state index in [2.05, 4.69) is 10.6 Å². The summed E-state index contributed by atoms with van der Waals surface area (Å²) in [6.45, 7) is 1.88. The molecular formula is C14H20N2O3. The van der Waals surface area contributed by atoms with Crippen LogP contribution in [-0.2, 0) is 11.2 Å². The SMILES string of the molecule is CNC(=O)c1cccc(CCC(=O)NCC(C)O)c1. The van der Waals surface area contributed by atoms with Gasteiger partial charge in [-0.3, -0.25) is 9.59 Å². The van der Waals surface area contributed by atoms with Crippen LogP contribution in [-0.4, -0.2) is 36.6 Å². The molecule has 1 atom stereocenters. The molecular weight excluding hydrogens is 244 g/mol. The second-order valence-electron chi connectivity index (χ2n) is 4.43. The average molecular weight is 264 g/mol. The fraction of sp³-hybridized carbons (Fsp3) is 0.429. The highest BCUT2D eigenvalue weighted by molar-refractivity contribution is 5.94. The highest BCUT2D eigenvalue weighted by Gasteiger charge is 2.06. The molecule has 3 N–H and O–H groups in total. The summed E-state index contributed by atoms with van der Waals surface area (Å²) in [5, 5.41) is 14.2. The van der Waals surface area contributed by atoms with Crippen LogP contribution in [0, 0.1) is 0 Å². The van der Waals surface area contributed by atoms with E-state index in [1.165, 1.54) is 0 Å². The number of carbonyl (C=O) groups excluding carboxylic acids is 2. The maximum atomic E-state index is 11.5. The maximum Gasteiger partial charge on any atom is 0.251 e. The molecule has 0 aliphatic heterocycles. The molecule has 0 aliphatic carbocycles. The number of hydrogen-bond acceptors (Lipinski definition) is 3. The number of hydrogen-bond donors (Lipinski definition) is 3. The van der Waals surface area contributed by atoms with Crippen molar-refractivity contribution in [2.75, 3.05) is 13.6 Å². The Morgan fingerprint density at radius 3 is 2.74 bits per heavy atom. The third kappa shape index (κ3) is 5.52. The lowest BCUT2D eigenvalue weighted by molar-refractivity contribution is -0.121. The van der Waals surface area contributed by atoms with Crippen LogP contribution in [0.3, 0.4) is 0 Å². The van der Waals surface area contributed by atoms with Crippen molar-refractivity contribution in [3.05, 3.63) is 35.4 Å². The number of nitrogens with one attached hydrogen (secondary N) is 2. The van der Waals surface area contributed by atoms with Crippen LogP contribution < -0.4 is 10.6 Å². The molecule has 0 spiro atoms. The molecule has 0 fully saturated rings. The van der Waals surface area contributed by atoms with Gasteiger partial charge in [0, 0.05) is 25.6 Å². The largest absolute Gasteiger partial charge is 0.392 e. The number of aliphatic hydroxyl groups excluding tert-OH is 1. The van der Waals surface area contributed by atoms with Gasteiger partial charge in [0.05, 0.1) is 6.10 Å². The minimum absolute atomic E-state index is 0.105. The first-order valence-electron chi connectivity index (χ1n) is 6.28. The molecule has 1 aromatic carbocycles. The topological polar surface area (TPSA) is 78.4 Å². The smallest absolute Gasteiger partial charge is 0.251 e. The van der Waals surface area contributed by atoms with Gasteiger partial charge < -0.3 is 15.7 Å². The molecule has 1 unspecified atom stereocenters. The van der Waals surface area contributed by atoms with Crippen molar-refractivity contribution in [3.63, 3.8) is 0 Å². The maximum absolute atomic E-state index is 11.5. The Labute approximate surface area is 113 Å². The van der Waals surface area contributed by atoms with Crippen molar-refractivity contribution < 1.29 is 14.7 Å². The number of carbonyl (C=O) groups is 2. The Bertz CT molecular complexity index is 444. The molecule has 2 amide bonds. The molecule has 0 saturated heterocycles. The van der Waals surface area contributed by atoms with Crippen LogP contribution >= 0.6 is 0 Å². The molecule has 1 rings (SSSR count). The summed E-state index contributed by atoms with van der Waals surface area (Å²) in [6.07, 6.45) is 0.362. The predicted molar refractivity (Wildman–Crippen MR) is 72.8 cm³/mol. The molecule has 0 bridgehead atoms. The van der Waals surface area contributed by atoms with Gasteiger partial charge in [0.25, 0.3) is 5.91 Å². The number of benzene rings is 1. The number of rotatable bonds is 6. The molecule has 5 heteroatoms. The van der Waals surface area contributed by atoms with Gasteiger partial charge in [-0.2, -0.15) is 0 Å². The van der Waals surface area contributed by atoms with E-state index in [-0.39, 0.29) is 18.4 Å². The predicted octanol–water partition coefficient (Wildman–Crippen LogP) is 0.476. The first-order valence-corrected chi connectivity index (χ1v) is 6.28. The zero-order valence-electron chi connectivity index (χ0n) is 11.3. The van der Waals surface area contributed by atoms with Crippen LogP contribution in [0.2, 0.25) is 0 Å². The summed E-state index contributed by atoms with van der Waals surface area (Å²) in [5.41, 5.74) is 1.53. The van der Waals surface area contributed by atoms with Gasteiger partial charge in [-0.15, -0.1) is 0 Å². The monoisotopic (exact) mass is 264 g/mol. The molecule has 0 saturated carbocycles. The van der Waals surface area contributed by atoms with Crippen molar-refractivity contribution in [3.8, 4) is 0 Å². The van der Waals surface area contributed by atoms with Crippen LogP contribution in [0.25, 0.3) is 0 Å². The summed E-state index contributed by atoms with van der Waals surface area (Å²) in [5.74, 6) is -0.244. The lowest BCUT2D eigenvalue weighted by Crippen LogP contribution is -2.30. The lowest BCUT2D eigenvalue weighted by atomic mass is 10.1. The first kappa shape index (κ1) is 15.2. The van der Waals surface area contributed by atoms with Crippen molar-refractivity contribution in [1.82, 2.24) is 10.6 Å². The fourth-order valence-corrected chi connectivity index (χ4v) is 1.62. The minimum atomic E-state index is -0.541. The molecule has 5 nitrogen and oxygen atoms in total. The normalized spacial score (nSPS) is 11.7. The second-order valence-corrected chi connectivity index (χ2v) is 4.43. The molecule has 0 aromatic heterocycles. The lowest BCUT2D eigenvalue weighted by Gasteiger charge is -2.07. The highest BCUT2D eigenvalue weighted by Crippen LogP contribution is 2.07. The van der Waals surface area contributed by atoms with Crippen molar-refractivity contribution in [2.45, 2.75) is 25.9 Å². The van der Waals surface area contributed by atoms with E-state index >= 15 is 0 Å². The van der Waals surface area contributed by atoms with E-state index in [0.717, 1.165) is 5.56 Å². The average Bonchev–Trinajstić information content (AvgIpc) is 2.42. The molecule has 104 valence electrons. The van der Waals surface area contributed by atoms with E-state index in [0.29, 0.717) is 18.4 Å². The van der Waals surface area contributed by atoms with Gasteiger partial charge in [0.15, 0.2) is 0 Å². The Kier molecular flexibility index (Phi) is 6.02. The van der Waals surface area contributed by atoms with Crippen LogP contribution in [0.4, 0.5) is 0 Å². The second kappa shape index (κ2) is 7.53. The zero-order valence-corrected chi connectivity index (χ0v) is 11.3. The summed E-state index contributed by atoms with van der Waals surface area (Å²) in [6, 6.07) is 7.19. The zero-order chi connectivity index (χ0) is 14.3. The van der Waals surface area contributed by atoms with Crippen molar-refractivity contribution in [2.24, 2.45) is 0 Å². The molecule has 0 aliphatic rings. The Balaban J connectivity index is 2.49. The summed E-state index contributed by atoms with van der Waals surface area (Å²) in [4.78, 5) is 23.0. The summed E-state index contributed by atoms with van der Waals surface area (Å²) < 4.78 is 0. The van der Waals surface area contributed by atoms with Gasteiger partial charge >= 0.3 is 0 Å². The van der Waals surface area contributed by atoms with Gasteiger partial charge in [0.1, 0.15) is 0 Å². The highest BCUT2D eigenvalue weighted by atomic mass is 16.3. The first-order chi connectivity index (χ1) is 9.02. The van der Waals surface area contributed by atoms with E-state index in [1.54, 1.807) is 32.2 Å². The van der Waals surface area contributed by atoms with Gasteiger partial charge in [-0.25, -0.2) is 0 Å². The van der Waals surface area contributed by atoms with E-state index in [1.807, 2.05) is 6.07 Å². The van der Waals surface area contributed by atoms with E-state index in [9.17, 15) is 9.59 Å². The van der Waals surface area contributed by atoms with Gasteiger partial charge in [-0.05, 0) is 31.0 Å². The summed E-state index contributed by atoms with van der Waals surface area (Å²) >= 11 is 0.